The van der Waals surface area contributed by atoms with Crippen LogP contribution in [0, 0.1) is 11.3 Å². The average molecular weight is 274 g/mol. The molecule has 106 valence electrons. The number of benzene rings is 1. The third-order valence-electron chi connectivity index (χ3n) is 3.46. The highest BCUT2D eigenvalue weighted by Gasteiger charge is 2.29. The summed E-state index contributed by atoms with van der Waals surface area (Å²) < 4.78 is 5.32. The monoisotopic (exact) mass is 274 g/mol. The summed E-state index contributed by atoms with van der Waals surface area (Å²) in [5.74, 6) is -0.0432. The first-order valence-electron chi connectivity index (χ1n) is 6.67. The van der Waals surface area contributed by atoms with Crippen LogP contribution in [-0.4, -0.2) is 35.7 Å². The smallest absolute Gasteiger partial charge is 0.304 e. The van der Waals surface area contributed by atoms with Crippen molar-refractivity contribution in [2.45, 2.75) is 31.8 Å². The van der Waals surface area contributed by atoms with Gasteiger partial charge in [0.05, 0.1) is 25.2 Å². The van der Waals surface area contributed by atoms with Crippen molar-refractivity contribution < 1.29 is 14.6 Å². The molecule has 1 N–H and O–H groups in total. The van der Waals surface area contributed by atoms with Crippen molar-refractivity contribution in [1.82, 2.24) is 4.90 Å². The van der Waals surface area contributed by atoms with Gasteiger partial charge in [0.1, 0.15) is 5.75 Å². The Kier molecular flexibility index (Phi) is 4.59. The predicted molar refractivity (Wildman–Crippen MR) is 73.4 cm³/mol. The minimum atomic E-state index is -0.784. The highest BCUT2D eigenvalue weighted by molar-refractivity contribution is 5.66. The number of ether oxygens (including phenoxy) is 1. The minimum absolute atomic E-state index is 0.136. The molecule has 0 unspecified atom stereocenters. The number of rotatable bonds is 7. The Morgan fingerprint density at radius 2 is 2.30 bits per heavy atom. The quantitative estimate of drug-likeness (QED) is 0.823. The van der Waals surface area contributed by atoms with Gasteiger partial charge in [0, 0.05) is 24.7 Å². The molecule has 5 heteroatoms. The summed E-state index contributed by atoms with van der Waals surface area (Å²) in [7, 11) is 1.60. The van der Waals surface area contributed by atoms with E-state index in [0.717, 1.165) is 24.2 Å². The number of carbonyl (C=O) groups is 1. The van der Waals surface area contributed by atoms with E-state index in [2.05, 4.69) is 11.0 Å². The zero-order valence-corrected chi connectivity index (χ0v) is 11.5. The number of hydrogen-bond acceptors (Lipinski definition) is 4. The van der Waals surface area contributed by atoms with Crippen molar-refractivity contribution in [3.63, 3.8) is 0 Å². The molecule has 0 aromatic heterocycles. The van der Waals surface area contributed by atoms with E-state index in [1.165, 1.54) is 0 Å². The van der Waals surface area contributed by atoms with Crippen LogP contribution in [0.4, 0.5) is 0 Å². The van der Waals surface area contributed by atoms with E-state index in [1.54, 1.807) is 19.2 Å². The lowest BCUT2D eigenvalue weighted by Gasteiger charge is -2.22. The molecule has 1 saturated carbocycles. The SMILES string of the molecule is COc1ccc(C#N)cc1CN(CCC(=O)O)C1CC1. The molecular weight excluding hydrogens is 256 g/mol. The fourth-order valence-electron chi connectivity index (χ4n) is 2.26. The maximum Gasteiger partial charge on any atom is 0.304 e. The van der Waals surface area contributed by atoms with Crippen molar-refractivity contribution in [2.75, 3.05) is 13.7 Å². The molecule has 0 heterocycles. The van der Waals surface area contributed by atoms with Crippen LogP contribution in [0.5, 0.6) is 5.75 Å². The third-order valence-corrected chi connectivity index (χ3v) is 3.46. The Morgan fingerprint density at radius 1 is 1.55 bits per heavy atom. The zero-order chi connectivity index (χ0) is 14.5. The summed E-state index contributed by atoms with van der Waals surface area (Å²) in [5.41, 5.74) is 1.53. The maximum atomic E-state index is 10.7. The molecule has 2 rings (SSSR count). The van der Waals surface area contributed by atoms with E-state index in [4.69, 9.17) is 15.1 Å². The van der Waals surface area contributed by atoms with Gasteiger partial charge < -0.3 is 9.84 Å². The minimum Gasteiger partial charge on any atom is -0.496 e. The van der Waals surface area contributed by atoms with Crippen molar-refractivity contribution in [3.8, 4) is 11.8 Å². The van der Waals surface area contributed by atoms with Gasteiger partial charge in [-0.05, 0) is 31.0 Å². The van der Waals surface area contributed by atoms with Gasteiger partial charge in [-0.2, -0.15) is 5.26 Å². The molecule has 1 aliphatic carbocycles. The van der Waals surface area contributed by atoms with Crippen molar-refractivity contribution in [2.24, 2.45) is 0 Å². The summed E-state index contributed by atoms with van der Waals surface area (Å²) in [5, 5.41) is 17.8. The zero-order valence-electron chi connectivity index (χ0n) is 11.5. The molecule has 0 saturated heterocycles. The van der Waals surface area contributed by atoms with E-state index >= 15 is 0 Å². The normalized spacial score (nSPS) is 14.1. The maximum absolute atomic E-state index is 10.7. The van der Waals surface area contributed by atoms with E-state index in [1.807, 2.05) is 6.07 Å². The Balaban J connectivity index is 2.12. The van der Waals surface area contributed by atoms with E-state index in [-0.39, 0.29) is 6.42 Å². The summed E-state index contributed by atoms with van der Waals surface area (Å²) in [6.45, 7) is 1.15. The second-order valence-corrected chi connectivity index (χ2v) is 4.98. The molecule has 1 fully saturated rings. The molecule has 0 radical (unpaired) electrons. The number of carboxylic acid groups (broad SMARTS) is 1. The van der Waals surface area contributed by atoms with Crippen molar-refractivity contribution in [3.05, 3.63) is 29.3 Å². The summed E-state index contributed by atoms with van der Waals surface area (Å²) in [6, 6.07) is 7.91. The molecule has 1 aliphatic rings. The number of methoxy groups -OCH3 is 1. The first-order valence-corrected chi connectivity index (χ1v) is 6.67. The highest BCUT2D eigenvalue weighted by Crippen LogP contribution is 2.30. The van der Waals surface area contributed by atoms with Gasteiger partial charge in [0.25, 0.3) is 0 Å². The van der Waals surface area contributed by atoms with Crippen LogP contribution in [0.3, 0.4) is 0 Å². The summed E-state index contributed by atoms with van der Waals surface area (Å²) >= 11 is 0. The van der Waals surface area contributed by atoms with Crippen LogP contribution in [0.15, 0.2) is 18.2 Å². The Hall–Kier alpha value is -2.06. The Morgan fingerprint density at radius 3 is 2.85 bits per heavy atom. The van der Waals surface area contributed by atoms with Gasteiger partial charge in [0.15, 0.2) is 0 Å². The highest BCUT2D eigenvalue weighted by atomic mass is 16.5. The average Bonchev–Trinajstić information content (AvgIpc) is 3.27. The number of carboxylic acids is 1. The van der Waals surface area contributed by atoms with Gasteiger partial charge in [0.2, 0.25) is 0 Å². The molecular formula is C15H18N2O3. The van der Waals surface area contributed by atoms with Crippen molar-refractivity contribution in [1.29, 1.82) is 5.26 Å². The second-order valence-electron chi connectivity index (χ2n) is 4.98. The fourth-order valence-corrected chi connectivity index (χ4v) is 2.26. The van der Waals surface area contributed by atoms with Gasteiger partial charge in [-0.15, -0.1) is 0 Å². The van der Waals surface area contributed by atoms with Gasteiger partial charge in [-0.25, -0.2) is 0 Å². The van der Waals surface area contributed by atoms with Gasteiger partial charge >= 0.3 is 5.97 Å². The fraction of sp³-hybridized carbons (Fsp3) is 0.467. The number of aliphatic carboxylic acids is 1. The largest absolute Gasteiger partial charge is 0.496 e. The molecule has 20 heavy (non-hydrogen) atoms. The van der Waals surface area contributed by atoms with Crippen LogP contribution in [-0.2, 0) is 11.3 Å². The molecule has 0 amide bonds. The molecule has 0 bridgehead atoms. The predicted octanol–water partition coefficient (Wildman–Crippen LogP) is 2.01. The first-order chi connectivity index (χ1) is 9.63. The molecule has 1 aromatic rings. The van der Waals surface area contributed by atoms with Crippen LogP contribution in [0.2, 0.25) is 0 Å². The van der Waals surface area contributed by atoms with Crippen LogP contribution >= 0.6 is 0 Å². The Labute approximate surface area is 118 Å². The van der Waals surface area contributed by atoms with Crippen LogP contribution < -0.4 is 4.74 Å². The number of hydrogen-bond donors (Lipinski definition) is 1. The molecule has 0 aliphatic heterocycles. The lowest BCUT2D eigenvalue weighted by molar-refractivity contribution is -0.137. The van der Waals surface area contributed by atoms with E-state index in [0.29, 0.717) is 24.7 Å². The van der Waals surface area contributed by atoms with Gasteiger partial charge in [-0.1, -0.05) is 0 Å². The van der Waals surface area contributed by atoms with Gasteiger partial charge in [-0.3, -0.25) is 9.69 Å². The Bertz CT molecular complexity index is 532. The standard InChI is InChI=1S/C15H18N2O3/c1-20-14-5-2-11(9-16)8-12(14)10-17(13-3-4-13)7-6-15(18)19/h2,5,8,13H,3-4,6-7,10H2,1H3,(H,18,19). The van der Waals surface area contributed by atoms with Crippen molar-refractivity contribution >= 4 is 5.97 Å². The summed E-state index contributed by atoms with van der Waals surface area (Å²) in [6.07, 6.45) is 2.36. The number of nitrogens with zero attached hydrogens (tertiary/aromatic N) is 2. The lowest BCUT2D eigenvalue weighted by atomic mass is 10.1. The van der Waals surface area contributed by atoms with Crippen LogP contribution in [0.25, 0.3) is 0 Å². The first kappa shape index (κ1) is 14.4. The molecule has 1 aromatic carbocycles. The van der Waals surface area contributed by atoms with Crippen LogP contribution in [0.1, 0.15) is 30.4 Å². The third kappa shape index (κ3) is 3.72. The van der Waals surface area contributed by atoms with E-state index < -0.39 is 5.97 Å². The molecule has 0 spiro atoms. The topological polar surface area (TPSA) is 73.6 Å². The second kappa shape index (κ2) is 6.40. The molecule has 5 nitrogen and oxygen atoms in total. The van der Waals surface area contributed by atoms with E-state index in [9.17, 15) is 4.79 Å². The lowest BCUT2D eigenvalue weighted by Crippen LogP contribution is -2.28. The molecule has 0 atom stereocenters. The number of nitriles is 1. The summed E-state index contributed by atoms with van der Waals surface area (Å²) in [4.78, 5) is 12.9.